The number of aromatic nitrogens is 1. The summed E-state index contributed by atoms with van der Waals surface area (Å²) in [6.45, 7) is 2.69. The molecule has 0 radical (unpaired) electrons. The molecule has 3 heterocycles. The smallest absolute Gasteiger partial charge is 0.339 e. The van der Waals surface area contributed by atoms with E-state index in [0.717, 1.165) is 0 Å². The molecule has 1 amide bonds. The van der Waals surface area contributed by atoms with Gasteiger partial charge in [0.05, 0.1) is 6.07 Å². The van der Waals surface area contributed by atoms with Crippen molar-refractivity contribution in [1.82, 2.24) is 9.47 Å². The van der Waals surface area contributed by atoms with Crippen LogP contribution in [0.4, 0.5) is 0 Å². The predicted octanol–water partition coefficient (Wildman–Crippen LogP) is 1.33. The average molecular weight is 344 g/mol. The maximum Gasteiger partial charge on any atom is 0.339 e. The number of carbonyl (C=O) groups is 1. The molecule has 7 nitrogen and oxygen atoms in total. The maximum absolute atomic E-state index is 12.5. The fourth-order valence-corrected chi connectivity index (χ4v) is 2.94. The summed E-state index contributed by atoms with van der Waals surface area (Å²) >= 11 is 0. The van der Waals surface area contributed by atoms with Crippen LogP contribution in [-0.2, 0) is 7.05 Å². The molecule has 0 aliphatic carbocycles. The van der Waals surface area contributed by atoms with Crippen molar-refractivity contribution < 1.29 is 13.9 Å². The van der Waals surface area contributed by atoms with Gasteiger partial charge in [0, 0.05) is 45.2 Å². The van der Waals surface area contributed by atoms with Gasteiger partial charge in [0.1, 0.15) is 23.2 Å². The minimum Gasteiger partial charge on any atom is -0.490 e. The highest BCUT2D eigenvalue weighted by Crippen LogP contribution is 2.19. The van der Waals surface area contributed by atoms with Crippen LogP contribution in [0.15, 0.2) is 44.5 Å². The highest BCUT2D eigenvalue weighted by molar-refractivity contribution is 5.93. The number of piperidine rings is 1. The summed E-state index contributed by atoms with van der Waals surface area (Å²) in [5.74, 6) is 0.723. The van der Waals surface area contributed by atoms with E-state index in [1.54, 1.807) is 43.3 Å². The van der Waals surface area contributed by atoms with Crippen LogP contribution in [0.25, 0.3) is 0 Å². The summed E-state index contributed by atoms with van der Waals surface area (Å²) in [4.78, 5) is 37.7. The molecule has 0 saturated carbocycles. The van der Waals surface area contributed by atoms with E-state index in [1.165, 1.54) is 10.6 Å². The summed E-state index contributed by atoms with van der Waals surface area (Å²) in [5, 5.41) is 0. The Morgan fingerprint density at radius 2 is 1.96 bits per heavy atom. The third-order valence-corrected chi connectivity index (χ3v) is 4.25. The van der Waals surface area contributed by atoms with Crippen molar-refractivity contribution in [1.29, 1.82) is 0 Å². The van der Waals surface area contributed by atoms with E-state index < -0.39 is 5.63 Å². The maximum atomic E-state index is 12.5. The highest BCUT2D eigenvalue weighted by atomic mass is 16.5. The van der Waals surface area contributed by atoms with Crippen molar-refractivity contribution in [3.8, 4) is 5.75 Å². The first kappa shape index (κ1) is 17.0. The molecule has 0 aromatic carbocycles. The molecule has 1 fully saturated rings. The van der Waals surface area contributed by atoms with Gasteiger partial charge in [-0.1, -0.05) is 0 Å². The molecule has 25 heavy (non-hydrogen) atoms. The minimum absolute atomic E-state index is 0.0798. The van der Waals surface area contributed by atoms with Crippen LogP contribution < -0.4 is 15.9 Å². The number of hydrogen-bond donors (Lipinski definition) is 0. The van der Waals surface area contributed by atoms with Crippen molar-refractivity contribution in [2.24, 2.45) is 7.05 Å². The largest absolute Gasteiger partial charge is 0.490 e. The number of amides is 1. The van der Waals surface area contributed by atoms with Crippen LogP contribution in [-0.4, -0.2) is 34.6 Å². The molecular weight excluding hydrogens is 324 g/mol. The molecule has 3 rings (SSSR count). The van der Waals surface area contributed by atoms with E-state index in [4.69, 9.17) is 9.15 Å². The van der Waals surface area contributed by atoms with Crippen molar-refractivity contribution in [3.05, 3.63) is 62.6 Å². The highest BCUT2D eigenvalue weighted by Gasteiger charge is 2.26. The quantitative estimate of drug-likeness (QED) is 0.839. The molecule has 0 atom stereocenters. The number of carbonyl (C=O) groups excluding carboxylic acids is 1. The molecule has 7 heteroatoms. The second kappa shape index (κ2) is 6.96. The van der Waals surface area contributed by atoms with Crippen molar-refractivity contribution in [3.63, 3.8) is 0 Å². The fourth-order valence-electron chi connectivity index (χ4n) is 2.94. The zero-order valence-electron chi connectivity index (χ0n) is 14.2. The second-order valence-electron chi connectivity index (χ2n) is 6.17. The summed E-state index contributed by atoms with van der Waals surface area (Å²) in [7, 11) is 1.62. The van der Waals surface area contributed by atoms with E-state index in [1.807, 2.05) is 0 Å². The van der Waals surface area contributed by atoms with Gasteiger partial charge >= 0.3 is 5.63 Å². The number of ether oxygens (including phenoxy) is 1. The Hall–Kier alpha value is -2.83. The van der Waals surface area contributed by atoms with Crippen LogP contribution in [0, 0.1) is 6.92 Å². The van der Waals surface area contributed by atoms with Gasteiger partial charge in [-0.15, -0.1) is 0 Å². The third-order valence-electron chi connectivity index (χ3n) is 4.25. The van der Waals surface area contributed by atoms with E-state index >= 15 is 0 Å². The Bertz CT molecular complexity index is 891. The standard InChI is InChI=1S/C18H20N2O5/c1-12-10-14(11-16(21)24-12)25-13-5-8-20(9-6-13)18(23)15-4-3-7-19(2)17(15)22/h3-4,7,10-11,13H,5-6,8-9H2,1-2H3. The van der Waals surface area contributed by atoms with Gasteiger partial charge < -0.3 is 18.6 Å². The van der Waals surface area contributed by atoms with Gasteiger partial charge in [-0.25, -0.2) is 4.79 Å². The number of aryl methyl sites for hydroxylation is 2. The number of hydrogen-bond acceptors (Lipinski definition) is 5. The lowest BCUT2D eigenvalue weighted by Crippen LogP contribution is -2.43. The van der Waals surface area contributed by atoms with Crippen molar-refractivity contribution in [2.75, 3.05) is 13.1 Å². The first-order chi connectivity index (χ1) is 11.9. The zero-order valence-corrected chi connectivity index (χ0v) is 14.2. The number of nitrogens with zero attached hydrogens (tertiary/aromatic N) is 2. The Labute approximate surface area is 144 Å². The Morgan fingerprint density at radius 1 is 1.24 bits per heavy atom. The van der Waals surface area contributed by atoms with E-state index in [0.29, 0.717) is 37.4 Å². The first-order valence-corrected chi connectivity index (χ1v) is 8.17. The van der Waals surface area contributed by atoms with Gasteiger partial charge in [0.2, 0.25) is 0 Å². The molecule has 2 aromatic heterocycles. The van der Waals surface area contributed by atoms with Crippen molar-refractivity contribution >= 4 is 5.91 Å². The Morgan fingerprint density at radius 3 is 2.64 bits per heavy atom. The van der Waals surface area contributed by atoms with Gasteiger partial charge in [0.15, 0.2) is 0 Å². The molecule has 1 aliphatic heterocycles. The molecule has 0 bridgehead atoms. The van der Waals surface area contributed by atoms with Crippen LogP contribution in [0.1, 0.15) is 29.0 Å². The van der Waals surface area contributed by atoms with Crippen LogP contribution in [0.2, 0.25) is 0 Å². The van der Waals surface area contributed by atoms with Gasteiger partial charge in [-0.3, -0.25) is 9.59 Å². The topological polar surface area (TPSA) is 81.8 Å². The predicted molar refractivity (Wildman–Crippen MR) is 91.0 cm³/mol. The number of likely N-dealkylation sites (tertiary alicyclic amines) is 1. The van der Waals surface area contributed by atoms with Gasteiger partial charge in [-0.2, -0.15) is 0 Å². The van der Waals surface area contributed by atoms with Crippen LogP contribution in [0.5, 0.6) is 5.75 Å². The summed E-state index contributed by atoms with van der Waals surface area (Å²) < 4.78 is 12.1. The monoisotopic (exact) mass is 344 g/mol. The van der Waals surface area contributed by atoms with E-state index in [9.17, 15) is 14.4 Å². The van der Waals surface area contributed by atoms with Gasteiger partial charge in [0.25, 0.3) is 11.5 Å². The molecular formula is C18H20N2O5. The molecule has 0 spiro atoms. The van der Waals surface area contributed by atoms with Crippen LogP contribution >= 0.6 is 0 Å². The van der Waals surface area contributed by atoms with Crippen LogP contribution in [0.3, 0.4) is 0 Å². The molecule has 0 unspecified atom stereocenters. The fraction of sp³-hybridized carbons (Fsp3) is 0.389. The van der Waals surface area contributed by atoms with Crippen molar-refractivity contribution in [2.45, 2.75) is 25.9 Å². The molecule has 0 N–H and O–H groups in total. The molecule has 2 aromatic rings. The first-order valence-electron chi connectivity index (χ1n) is 8.17. The van der Waals surface area contributed by atoms with E-state index in [-0.39, 0.29) is 23.1 Å². The number of pyridine rings is 1. The third kappa shape index (κ3) is 3.81. The SMILES string of the molecule is Cc1cc(OC2CCN(C(=O)c3cccn(C)c3=O)CC2)cc(=O)o1. The lowest BCUT2D eigenvalue weighted by Gasteiger charge is -2.32. The summed E-state index contributed by atoms with van der Waals surface area (Å²) in [5.41, 5.74) is -0.555. The molecule has 1 aliphatic rings. The second-order valence-corrected chi connectivity index (χ2v) is 6.17. The van der Waals surface area contributed by atoms with E-state index in [2.05, 4.69) is 0 Å². The zero-order chi connectivity index (χ0) is 18.0. The summed E-state index contributed by atoms with van der Waals surface area (Å²) in [6, 6.07) is 6.23. The number of rotatable bonds is 3. The molecule has 132 valence electrons. The minimum atomic E-state index is -0.442. The summed E-state index contributed by atoms with van der Waals surface area (Å²) in [6.07, 6.45) is 2.82. The molecule has 1 saturated heterocycles. The lowest BCUT2D eigenvalue weighted by atomic mass is 10.1. The Kier molecular flexibility index (Phi) is 4.74. The normalized spacial score (nSPS) is 15.2. The Balaban J connectivity index is 1.63. The average Bonchev–Trinajstić information content (AvgIpc) is 2.56. The lowest BCUT2D eigenvalue weighted by molar-refractivity contribution is 0.0592. The van der Waals surface area contributed by atoms with Gasteiger partial charge in [-0.05, 0) is 19.1 Å².